The van der Waals surface area contributed by atoms with Crippen LogP contribution in [0.1, 0.15) is 67.1 Å². The molecule has 0 spiro atoms. The minimum absolute atomic E-state index is 0.0154. The lowest BCUT2D eigenvalue weighted by atomic mass is 9.96. The van der Waals surface area contributed by atoms with Crippen molar-refractivity contribution in [2.75, 3.05) is 13.7 Å². The number of hydrogen-bond donors (Lipinski definition) is 0. The molecule has 2 heterocycles. The van der Waals surface area contributed by atoms with Crippen molar-refractivity contribution in [3.8, 4) is 17.2 Å². The van der Waals surface area contributed by atoms with Crippen LogP contribution in [0.3, 0.4) is 0 Å². The number of hydrogen-bond acceptors (Lipinski definition) is 8. The first-order valence-electron chi connectivity index (χ1n) is 15.3. The van der Waals surface area contributed by atoms with E-state index in [-0.39, 0.29) is 18.3 Å². The molecular formula is C37H40N2O6S. The van der Waals surface area contributed by atoms with Crippen LogP contribution in [0.15, 0.2) is 75.7 Å². The van der Waals surface area contributed by atoms with Crippen molar-refractivity contribution in [1.82, 2.24) is 4.57 Å². The van der Waals surface area contributed by atoms with Gasteiger partial charge in [0.25, 0.3) is 5.56 Å². The molecule has 0 unspecified atom stereocenters. The fourth-order valence-corrected chi connectivity index (χ4v) is 6.79. The van der Waals surface area contributed by atoms with Crippen molar-refractivity contribution in [1.29, 1.82) is 0 Å². The molecule has 4 aromatic rings. The Morgan fingerprint density at radius 1 is 1.00 bits per heavy atom. The number of thiazole rings is 1. The summed E-state index contributed by atoms with van der Waals surface area (Å²) >= 11 is 1.27. The molecule has 0 aliphatic carbocycles. The van der Waals surface area contributed by atoms with Gasteiger partial charge in [0.05, 0.1) is 41.7 Å². The van der Waals surface area contributed by atoms with Crippen LogP contribution >= 0.6 is 11.3 Å². The predicted octanol–water partition coefficient (Wildman–Crippen LogP) is 6.10. The predicted molar refractivity (Wildman–Crippen MR) is 181 cm³/mol. The zero-order valence-electron chi connectivity index (χ0n) is 27.6. The summed E-state index contributed by atoms with van der Waals surface area (Å²) in [4.78, 5) is 32.4. The van der Waals surface area contributed by atoms with Crippen molar-refractivity contribution in [3.63, 3.8) is 0 Å². The number of benzene rings is 3. The molecule has 240 valence electrons. The molecule has 1 aliphatic heterocycles. The van der Waals surface area contributed by atoms with Crippen LogP contribution in [-0.4, -0.2) is 30.4 Å². The molecular weight excluding hydrogens is 600 g/mol. The van der Waals surface area contributed by atoms with Crippen molar-refractivity contribution < 1.29 is 23.7 Å². The summed E-state index contributed by atoms with van der Waals surface area (Å²) in [5.74, 6) is 1.38. The number of nitrogens with zero attached hydrogens (tertiary/aromatic N) is 2. The Labute approximate surface area is 273 Å². The summed E-state index contributed by atoms with van der Waals surface area (Å²) in [6.45, 7) is 14.3. The number of rotatable bonds is 10. The second kappa shape index (κ2) is 13.8. The molecule has 0 saturated heterocycles. The van der Waals surface area contributed by atoms with Gasteiger partial charge in [0, 0.05) is 0 Å². The molecule has 0 saturated carbocycles. The first-order chi connectivity index (χ1) is 22.0. The Bertz CT molecular complexity index is 1960. The Balaban J connectivity index is 1.53. The third-order valence-corrected chi connectivity index (χ3v) is 8.77. The summed E-state index contributed by atoms with van der Waals surface area (Å²) in [6.07, 6.45) is 1.83. The molecule has 0 radical (unpaired) electrons. The molecule has 8 nitrogen and oxygen atoms in total. The van der Waals surface area contributed by atoms with Gasteiger partial charge in [0.2, 0.25) is 0 Å². The molecule has 0 N–H and O–H groups in total. The molecule has 0 fully saturated rings. The van der Waals surface area contributed by atoms with Gasteiger partial charge in [-0.3, -0.25) is 9.36 Å². The molecule has 5 rings (SSSR count). The van der Waals surface area contributed by atoms with Crippen LogP contribution in [-0.2, 0) is 16.1 Å². The SMILES string of the molecule is CCOC(=O)C1=C(C)N=c2s/c(=C\c3ccc(OCc4c(C)cc(C)cc4C)c(OC)c3)c(=O)n2[C@H]1c1ccc(OC(C)C)cc1. The molecule has 1 atom stereocenters. The highest BCUT2D eigenvalue weighted by molar-refractivity contribution is 7.07. The quantitative estimate of drug-likeness (QED) is 0.195. The van der Waals surface area contributed by atoms with E-state index in [0.717, 1.165) is 16.7 Å². The summed E-state index contributed by atoms with van der Waals surface area (Å²) in [5, 5.41) is 0. The minimum atomic E-state index is -0.704. The van der Waals surface area contributed by atoms with Gasteiger partial charge >= 0.3 is 5.97 Å². The van der Waals surface area contributed by atoms with E-state index in [9.17, 15) is 9.59 Å². The zero-order valence-corrected chi connectivity index (χ0v) is 28.4. The highest BCUT2D eigenvalue weighted by Gasteiger charge is 2.33. The first kappa shape index (κ1) is 32.8. The maximum atomic E-state index is 14.0. The van der Waals surface area contributed by atoms with Crippen molar-refractivity contribution in [3.05, 3.63) is 119 Å². The monoisotopic (exact) mass is 640 g/mol. The molecule has 9 heteroatoms. The van der Waals surface area contributed by atoms with Crippen LogP contribution < -0.4 is 29.1 Å². The Morgan fingerprint density at radius 2 is 1.70 bits per heavy atom. The van der Waals surface area contributed by atoms with E-state index < -0.39 is 12.0 Å². The standard InChI is InChI=1S/C37H40N2O6S/c1-9-43-36(41)33-25(7)38-37-39(34(33)27-11-13-28(14-12-27)45-21(2)3)35(40)32(46-37)19-26-10-15-30(31(18-26)42-8)44-20-29-23(5)16-22(4)17-24(29)6/h10-19,21,34H,9,20H2,1-8H3/b32-19-/t34-/m0/s1. The highest BCUT2D eigenvalue weighted by atomic mass is 32.1. The average molecular weight is 641 g/mol. The number of allylic oxidation sites excluding steroid dienone is 1. The first-order valence-corrected chi connectivity index (χ1v) is 16.2. The summed E-state index contributed by atoms with van der Waals surface area (Å²) < 4.78 is 25.2. The topological polar surface area (TPSA) is 88.4 Å². The second-order valence-electron chi connectivity index (χ2n) is 11.6. The fraction of sp³-hybridized carbons (Fsp3) is 0.324. The van der Waals surface area contributed by atoms with Gasteiger partial charge in [-0.15, -0.1) is 0 Å². The van der Waals surface area contributed by atoms with Gasteiger partial charge in [0.15, 0.2) is 16.3 Å². The lowest BCUT2D eigenvalue weighted by Gasteiger charge is -2.25. The van der Waals surface area contributed by atoms with E-state index in [1.807, 2.05) is 62.4 Å². The van der Waals surface area contributed by atoms with E-state index in [4.69, 9.17) is 18.9 Å². The van der Waals surface area contributed by atoms with Gasteiger partial charge in [-0.25, -0.2) is 9.79 Å². The molecule has 46 heavy (non-hydrogen) atoms. The Morgan fingerprint density at radius 3 is 2.33 bits per heavy atom. The van der Waals surface area contributed by atoms with Crippen molar-refractivity contribution in [2.45, 2.75) is 67.2 Å². The van der Waals surface area contributed by atoms with Crippen molar-refractivity contribution in [2.24, 2.45) is 4.99 Å². The van der Waals surface area contributed by atoms with Crippen LogP contribution in [0, 0.1) is 20.8 Å². The second-order valence-corrected chi connectivity index (χ2v) is 12.6. The molecule has 1 aromatic heterocycles. The van der Waals surface area contributed by atoms with Crippen LogP contribution in [0.2, 0.25) is 0 Å². The van der Waals surface area contributed by atoms with E-state index >= 15 is 0 Å². The Kier molecular flexibility index (Phi) is 9.82. The summed E-state index contributed by atoms with van der Waals surface area (Å²) in [6, 6.07) is 16.6. The molecule has 1 aliphatic rings. The van der Waals surface area contributed by atoms with Crippen LogP contribution in [0.4, 0.5) is 0 Å². The number of ether oxygens (including phenoxy) is 4. The van der Waals surface area contributed by atoms with Crippen molar-refractivity contribution >= 4 is 23.4 Å². The lowest BCUT2D eigenvalue weighted by molar-refractivity contribution is -0.139. The van der Waals surface area contributed by atoms with Gasteiger partial charge in [-0.05, 0) is 107 Å². The maximum Gasteiger partial charge on any atom is 0.338 e. The zero-order chi connectivity index (χ0) is 33.1. The molecule has 0 amide bonds. The van der Waals surface area contributed by atoms with Gasteiger partial charge in [0.1, 0.15) is 12.4 Å². The van der Waals surface area contributed by atoms with Gasteiger partial charge < -0.3 is 18.9 Å². The van der Waals surface area contributed by atoms with Crippen LogP contribution in [0.25, 0.3) is 6.08 Å². The molecule has 3 aromatic carbocycles. The normalized spacial score (nSPS) is 14.6. The average Bonchev–Trinajstić information content (AvgIpc) is 3.30. The van der Waals surface area contributed by atoms with E-state index in [1.54, 1.807) is 25.5 Å². The lowest BCUT2D eigenvalue weighted by Crippen LogP contribution is -2.39. The smallest absolute Gasteiger partial charge is 0.338 e. The number of fused-ring (bicyclic) bond motifs is 1. The minimum Gasteiger partial charge on any atom is -0.493 e. The third kappa shape index (κ3) is 6.79. The van der Waals surface area contributed by atoms with E-state index in [0.29, 0.717) is 44.5 Å². The number of carbonyl (C=O) groups is 1. The Hall–Kier alpha value is -4.63. The van der Waals surface area contributed by atoms with Gasteiger partial charge in [-0.1, -0.05) is 47.2 Å². The number of aromatic nitrogens is 1. The number of esters is 1. The largest absolute Gasteiger partial charge is 0.493 e. The summed E-state index contributed by atoms with van der Waals surface area (Å²) in [5.41, 5.74) is 6.85. The van der Waals surface area contributed by atoms with E-state index in [2.05, 4.69) is 37.9 Å². The third-order valence-electron chi connectivity index (χ3n) is 7.78. The number of aryl methyl sites for hydroxylation is 3. The number of methoxy groups -OCH3 is 1. The highest BCUT2D eigenvalue weighted by Crippen LogP contribution is 2.33. The maximum absolute atomic E-state index is 14.0. The fourth-order valence-electron chi connectivity index (χ4n) is 5.74. The molecule has 0 bridgehead atoms. The van der Waals surface area contributed by atoms with Gasteiger partial charge in [-0.2, -0.15) is 0 Å². The number of carbonyl (C=O) groups excluding carboxylic acids is 1. The van der Waals surface area contributed by atoms with E-state index in [1.165, 1.54) is 28.0 Å². The summed E-state index contributed by atoms with van der Waals surface area (Å²) in [7, 11) is 1.60. The van der Waals surface area contributed by atoms with Crippen LogP contribution in [0.5, 0.6) is 17.2 Å².